The average molecular weight is 275 g/mol. The van der Waals surface area contributed by atoms with Gasteiger partial charge in [0.25, 0.3) is 0 Å². The van der Waals surface area contributed by atoms with Gasteiger partial charge in [-0.1, -0.05) is 0 Å². The van der Waals surface area contributed by atoms with Crippen LogP contribution in [0.5, 0.6) is 0 Å². The molecule has 0 bridgehead atoms. The van der Waals surface area contributed by atoms with Crippen LogP contribution in [0.25, 0.3) is 0 Å². The van der Waals surface area contributed by atoms with Crippen LogP contribution in [0.15, 0.2) is 24.3 Å². The first kappa shape index (κ1) is 15.3. The first-order valence-electron chi connectivity index (χ1n) is 5.76. The molecule has 4 nitrogen and oxygen atoms in total. The molecular weight excluding hydrogens is 259 g/mol. The van der Waals surface area contributed by atoms with E-state index < -0.39 is 17.8 Å². The SMILES string of the molecule is CC(N)CCNC(=O)Nc1ccc(C(F)(F)F)cc1. The Morgan fingerprint density at radius 3 is 2.37 bits per heavy atom. The van der Waals surface area contributed by atoms with E-state index in [9.17, 15) is 18.0 Å². The van der Waals surface area contributed by atoms with Crippen LogP contribution < -0.4 is 16.4 Å². The minimum Gasteiger partial charge on any atom is -0.338 e. The molecular formula is C12H16F3N3O. The third kappa shape index (κ3) is 5.60. The minimum absolute atomic E-state index is 0.0219. The van der Waals surface area contributed by atoms with Gasteiger partial charge in [-0.25, -0.2) is 4.79 Å². The number of nitrogens with two attached hydrogens (primary N) is 1. The van der Waals surface area contributed by atoms with Crippen molar-refractivity contribution in [2.24, 2.45) is 5.73 Å². The van der Waals surface area contributed by atoms with Gasteiger partial charge in [-0.3, -0.25) is 0 Å². The summed E-state index contributed by atoms with van der Waals surface area (Å²) in [6.45, 7) is 2.22. The molecule has 0 heterocycles. The van der Waals surface area contributed by atoms with Gasteiger partial charge >= 0.3 is 12.2 Å². The molecule has 0 fully saturated rings. The lowest BCUT2D eigenvalue weighted by Gasteiger charge is -2.10. The Morgan fingerprint density at radius 2 is 1.89 bits per heavy atom. The minimum atomic E-state index is -4.38. The van der Waals surface area contributed by atoms with Crippen LogP contribution in [0, 0.1) is 0 Å². The zero-order valence-corrected chi connectivity index (χ0v) is 10.4. The second-order valence-corrected chi connectivity index (χ2v) is 4.22. The Morgan fingerprint density at radius 1 is 1.32 bits per heavy atom. The summed E-state index contributed by atoms with van der Waals surface area (Å²) < 4.78 is 36.9. The third-order valence-corrected chi connectivity index (χ3v) is 2.36. The van der Waals surface area contributed by atoms with Gasteiger partial charge in [-0.15, -0.1) is 0 Å². The number of rotatable bonds is 4. The van der Waals surface area contributed by atoms with E-state index in [4.69, 9.17) is 5.73 Å². The second-order valence-electron chi connectivity index (χ2n) is 4.22. The first-order valence-corrected chi connectivity index (χ1v) is 5.76. The number of amides is 2. The molecule has 1 rings (SSSR count). The third-order valence-electron chi connectivity index (χ3n) is 2.36. The number of alkyl halides is 3. The van der Waals surface area contributed by atoms with Crippen molar-refractivity contribution in [1.29, 1.82) is 0 Å². The molecule has 0 saturated heterocycles. The maximum absolute atomic E-state index is 12.3. The number of anilines is 1. The summed E-state index contributed by atoms with van der Waals surface area (Å²) in [5.74, 6) is 0. The summed E-state index contributed by atoms with van der Waals surface area (Å²) in [4.78, 5) is 11.4. The smallest absolute Gasteiger partial charge is 0.338 e. The highest BCUT2D eigenvalue weighted by molar-refractivity contribution is 5.89. The standard InChI is InChI=1S/C12H16F3N3O/c1-8(16)6-7-17-11(19)18-10-4-2-9(3-5-10)12(13,14)15/h2-5,8H,6-7,16H2,1H3,(H2,17,18,19). The van der Waals surface area contributed by atoms with Crippen LogP contribution in [0.3, 0.4) is 0 Å². The molecule has 0 aliphatic carbocycles. The van der Waals surface area contributed by atoms with Gasteiger partial charge in [0.2, 0.25) is 0 Å². The Bertz CT molecular complexity index is 415. The Labute approximate surface area is 109 Å². The number of carbonyl (C=O) groups excluding carboxylic acids is 1. The summed E-state index contributed by atoms with van der Waals surface area (Å²) in [7, 11) is 0. The van der Waals surface area contributed by atoms with Gasteiger partial charge in [0.05, 0.1) is 5.56 Å². The number of benzene rings is 1. The van der Waals surface area contributed by atoms with E-state index in [-0.39, 0.29) is 6.04 Å². The van der Waals surface area contributed by atoms with Gasteiger partial charge in [0, 0.05) is 18.3 Å². The molecule has 1 aromatic rings. The van der Waals surface area contributed by atoms with E-state index in [0.29, 0.717) is 18.7 Å². The van der Waals surface area contributed by atoms with Crippen molar-refractivity contribution in [2.45, 2.75) is 25.6 Å². The van der Waals surface area contributed by atoms with Gasteiger partial charge in [-0.05, 0) is 37.6 Å². The molecule has 0 aliphatic heterocycles. The summed E-state index contributed by atoms with van der Waals surface area (Å²) >= 11 is 0. The lowest BCUT2D eigenvalue weighted by molar-refractivity contribution is -0.137. The largest absolute Gasteiger partial charge is 0.416 e. The highest BCUT2D eigenvalue weighted by atomic mass is 19.4. The zero-order chi connectivity index (χ0) is 14.5. The molecule has 19 heavy (non-hydrogen) atoms. The van der Waals surface area contributed by atoms with E-state index in [1.807, 2.05) is 6.92 Å². The van der Waals surface area contributed by atoms with Crippen molar-refractivity contribution in [3.05, 3.63) is 29.8 Å². The fourth-order valence-corrected chi connectivity index (χ4v) is 1.33. The maximum Gasteiger partial charge on any atom is 0.416 e. The van der Waals surface area contributed by atoms with Gasteiger partial charge in [0.1, 0.15) is 0 Å². The Balaban J connectivity index is 2.47. The monoisotopic (exact) mass is 275 g/mol. The molecule has 0 aromatic heterocycles. The molecule has 7 heteroatoms. The van der Waals surface area contributed by atoms with Crippen LogP contribution in [-0.2, 0) is 6.18 Å². The van der Waals surface area contributed by atoms with Gasteiger partial charge < -0.3 is 16.4 Å². The van der Waals surface area contributed by atoms with Crippen molar-refractivity contribution in [2.75, 3.05) is 11.9 Å². The van der Waals surface area contributed by atoms with Crippen molar-refractivity contribution >= 4 is 11.7 Å². The highest BCUT2D eigenvalue weighted by Crippen LogP contribution is 2.29. The topological polar surface area (TPSA) is 67.1 Å². The van der Waals surface area contributed by atoms with Crippen molar-refractivity contribution in [3.63, 3.8) is 0 Å². The quantitative estimate of drug-likeness (QED) is 0.790. The molecule has 1 unspecified atom stereocenters. The number of hydrogen-bond acceptors (Lipinski definition) is 2. The molecule has 106 valence electrons. The molecule has 0 aliphatic rings. The van der Waals surface area contributed by atoms with E-state index in [1.54, 1.807) is 0 Å². The summed E-state index contributed by atoms with van der Waals surface area (Å²) in [6, 6.07) is 3.74. The van der Waals surface area contributed by atoms with Crippen molar-refractivity contribution < 1.29 is 18.0 Å². The molecule has 2 amide bonds. The number of carbonyl (C=O) groups is 1. The molecule has 0 spiro atoms. The summed E-state index contributed by atoms with van der Waals surface area (Å²) in [6.07, 6.45) is -3.75. The lowest BCUT2D eigenvalue weighted by Crippen LogP contribution is -2.32. The number of hydrogen-bond donors (Lipinski definition) is 3. The molecule has 1 atom stereocenters. The fraction of sp³-hybridized carbons (Fsp3) is 0.417. The van der Waals surface area contributed by atoms with Crippen LogP contribution in [-0.4, -0.2) is 18.6 Å². The highest BCUT2D eigenvalue weighted by Gasteiger charge is 2.29. The molecule has 4 N–H and O–H groups in total. The zero-order valence-electron chi connectivity index (χ0n) is 10.4. The van der Waals surface area contributed by atoms with Crippen LogP contribution >= 0.6 is 0 Å². The summed E-state index contributed by atoms with van der Waals surface area (Å²) in [5.41, 5.74) is 5.05. The number of halogens is 3. The van der Waals surface area contributed by atoms with Crippen molar-refractivity contribution in [1.82, 2.24) is 5.32 Å². The molecule has 0 saturated carbocycles. The summed E-state index contributed by atoms with van der Waals surface area (Å²) in [5, 5.41) is 4.99. The predicted molar refractivity (Wildman–Crippen MR) is 66.7 cm³/mol. The van der Waals surface area contributed by atoms with E-state index in [0.717, 1.165) is 12.1 Å². The van der Waals surface area contributed by atoms with Crippen LogP contribution in [0.4, 0.5) is 23.7 Å². The van der Waals surface area contributed by atoms with Crippen LogP contribution in [0.1, 0.15) is 18.9 Å². The average Bonchev–Trinajstić information content (AvgIpc) is 2.27. The van der Waals surface area contributed by atoms with E-state index in [1.165, 1.54) is 12.1 Å². The molecule has 1 aromatic carbocycles. The predicted octanol–water partition coefficient (Wildman–Crippen LogP) is 2.56. The van der Waals surface area contributed by atoms with E-state index in [2.05, 4.69) is 10.6 Å². The lowest BCUT2D eigenvalue weighted by atomic mass is 10.2. The van der Waals surface area contributed by atoms with E-state index >= 15 is 0 Å². The van der Waals surface area contributed by atoms with Gasteiger partial charge in [-0.2, -0.15) is 13.2 Å². The Hall–Kier alpha value is -1.76. The maximum atomic E-state index is 12.3. The fourth-order valence-electron chi connectivity index (χ4n) is 1.33. The molecule has 0 radical (unpaired) electrons. The number of nitrogens with one attached hydrogen (secondary N) is 2. The second kappa shape index (κ2) is 6.42. The Kier molecular flexibility index (Phi) is 5.17. The first-order chi connectivity index (χ1) is 8.79. The van der Waals surface area contributed by atoms with Gasteiger partial charge in [0.15, 0.2) is 0 Å². The number of urea groups is 1. The van der Waals surface area contributed by atoms with Crippen LogP contribution in [0.2, 0.25) is 0 Å². The normalized spacial score (nSPS) is 12.9. The van der Waals surface area contributed by atoms with Crippen molar-refractivity contribution in [3.8, 4) is 0 Å².